The summed E-state index contributed by atoms with van der Waals surface area (Å²) >= 11 is 1.45. The number of rotatable bonds is 1. The van der Waals surface area contributed by atoms with E-state index in [0.717, 1.165) is 21.5 Å². The van der Waals surface area contributed by atoms with E-state index in [2.05, 4.69) is 12.1 Å². The minimum atomic E-state index is 0.0163. The first-order valence-electron chi connectivity index (χ1n) is 6.71. The van der Waals surface area contributed by atoms with Crippen molar-refractivity contribution in [3.05, 3.63) is 64.8 Å². The molecule has 0 unspecified atom stereocenters. The first-order valence-corrected chi connectivity index (χ1v) is 7.93. The molecule has 0 N–H and O–H groups in total. The van der Waals surface area contributed by atoms with Crippen molar-refractivity contribution in [2.75, 3.05) is 6.26 Å². The van der Waals surface area contributed by atoms with Gasteiger partial charge in [0.2, 0.25) is 0 Å². The Labute approximate surface area is 125 Å². The summed E-state index contributed by atoms with van der Waals surface area (Å²) in [5.41, 5.74) is 0.698. The van der Waals surface area contributed by atoms with Crippen molar-refractivity contribution in [2.24, 2.45) is 0 Å². The van der Waals surface area contributed by atoms with Crippen LogP contribution in [-0.2, 0) is 0 Å². The van der Waals surface area contributed by atoms with Crippen molar-refractivity contribution in [2.45, 2.75) is 5.09 Å². The van der Waals surface area contributed by atoms with E-state index in [1.54, 1.807) is 6.07 Å². The molecule has 0 spiro atoms. The van der Waals surface area contributed by atoms with Gasteiger partial charge in [0.25, 0.3) is 0 Å². The third-order valence-corrected chi connectivity index (χ3v) is 4.39. The lowest BCUT2D eigenvalue weighted by Crippen LogP contribution is -2.01. The second kappa shape index (κ2) is 4.64. The zero-order valence-electron chi connectivity index (χ0n) is 11.4. The Morgan fingerprint density at radius 3 is 2.10 bits per heavy atom. The van der Waals surface area contributed by atoms with E-state index in [4.69, 9.17) is 4.42 Å². The van der Waals surface area contributed by atoms with Gasteiger partial charge in [0.15, 0.2) is 10.5 Å². The van der Waals surface area contributed by atoms with Gasteiger partial charge < -0.3 is 4.42 Å². The van der Waals surface area contributed by atoms with Crippen LogP contribution in [0, 0.1) is 0 Å². The van der Waals surface area contributed by atoms with Crippen LogP contribution in [0.2, 0.25) is 0 Å². The van der Waals surface area contributed by atoms with Crippen molar-refractivity contribution in [1.82, 2.24) is 0 Å². The predicted molar refractivity (Wildman–Crippen MR) is 89.3 cm³/mol. The van der Waals surface area contributed by atoms with Crippen molar-refractivity contribution < 1.29 is 4.42 Å². The first kappa shape index (κ1) is 12.5. The molecule has 102 valence electrons. The molecule has 3 aromatic carbocycles. The van der Waals surface area contributed by atoms with Crippen molar-refractivity contribution in [3.8, 4) is 0 Å². The molecule has 4 aromatic rings. The van der Waals surface area contributed by atoms with Gasteiger partial charge in [-0.05, 0) is 22.4 Å². The van der Waals surface area contributed by atoms with Crippen LogP contribution < -0.4 is 5.43 Å². The highest BCUT2D eigenvalue weighted by molar-refractivity contribution is 7.98. The molecule has 0 atom stereocenters. The van der Waals surface area contributed by atoms with Gasteiger partial charge in [0, 0.05) is 11.5 Å². The van der Waals surface area contributed by atoms with E-state index >= 15 is 0 Å². The van der Waals surface area contributed by atoms with Crippen LogP contribution in [0.15, 0.2) is 68.9 Å². The average molecular weight is 292 g/mol. The molecular weight excluding hydrogens is 280 g/mol. The normalized spacial score (nSPS) is 11.5. The van der Waals surface area contributed by atoms with Gasteiger partial charge in [-0.25, -0.2) is 0 Å². The van der Waals surface area contributed by atoms with Crippen molar-refractivity contribution in [1.29, 1.82) is 0 Å². The first-order chi connectivity index (χ1) is 10.3. The van der Waals surface area contributed by atoms with Crippen LogP contribution in [0.1, 0.15) is 0 Å². The number of hydrogen-bond acceptors (Lipinski definition) is 3. The van der Waals surface area contributed by atoms with Gasteiger partial charge in [-0.15, -0.1) is 0 Å². The summed E-state index contributed by atoms with van der Waals surface area (Å²) in [5.74, 6) is 0. The fourth-order valence-corrected chi connectivity index (χ4v) is 3.26. The molecule has 1 aromatic heterocycles. The largest absolute Gasteiger partial charge is 0.449 e. The molecule has 0 aliphatic carbocycles. The summed E-state index contributed by atoms with van der Waals surface area (Å²) < 4.78 is 5.98. The molecule has 0 radical (unpaired) electrons. The molecule has 0 bridgehead atoms. The summed E-state index contributed by atoms with van der Waals surface area (Å²) in [6, 6.07) is 17.6. The second-order valence-electron chi connectivity index (χ2n) is 4.93. The van der Waals surface area contributed by atoms with Crippen molar-refractivity contribution >= 4 is 44.3 Å². The minimum absolute atomic E-state index is 0.0163. The second-order valence-corrected chi connectivity index (χ2v) is 5.74. The Hall–Kier alpha value is -2.26. The Morgan fingerprint density at radius 2 is 1.43 bits per heavy atom. The fraction of sp³-hybridized carbons (Fsp3) is 0.0556. The Bertz CT molecular complexity index is 1050. The van der Waals surface area contributed by atoms with Crippen LogP contribution in [0.3, 0.4) is 0 Å². The quantitative estimate of drug-likeness (QED) is 0.372. The van der Waals surface area contributed by atoms with Gasteiger partial charge in [0.1, 0.15) is 5.58 Å². The van der Waals surface area contributed by atoms with Crippen LogP contribution >= 0.6 is 11.8 Å². The Balaban J connectivity index is 2.42. The molecule has 0 aliphatic heterocycles. The van der Waals surface area contributed by atoms with E-state index in [0.29, 0.717) is 16.1 Å². The van der Waals surface area contributed by atoms with Gasteiger partial charge >= 0.3 is 0 Å². The molecular formula is C18H12O2S. The Kier molecular flexibility index (Phi) is 2.76. The summed E-state index contributed by atoms with van der Waals surface area (Å²) in [5, 5.41) is 5.45. The molecule has 1 heterocycles. The zero-order chi connectivity index (χ0) is 14.4. The van der Waals surface area contributed by atoms with Gasteiger partial charge in [-0.1, -0.05) is 60.3 Å². The number of thioether (sulfide) groups is 1. The van der Waals surface area contributed by atoms with Crippen molar-refractivity contribution in [3.63, 3.8) is 0 Å². The standard InChI is InChI=1S/C18H12O2S/c1-21-16-10-15(19)17-13-8-4-2-6-11(13)12-7-3-5-9-14(12)18(17)20-16/h2-10H,1H3. The third-order valence-electron chi connectivity index (χ3n) is 3.78. The fourth-order valence-electron chi connectivity index (χ4n) is 2.87. The SMILES string of the molecule is CSc1cc(=O)c2c3ccccc3c3ccccc3c2o1. The highest BCUT2D eigenvalue weighted by Gasteiger charge is 2.13. The van der Waals surface area contributed by atoms with Crippen LogP contribution in [0.4, 0.5) is 0 Å². The number of fused-ring (bicyclic) bond motifs is 6. The summed E-state index contributed by atoms with van der Waals surface area (Å²) in [7, 11) is 0. The zero-order valence-corrected chi connectivity index (χ0v) is 12.2. The molecule has 3 heteroatoms. The van der Waals surface area contributed by atoms with Gasteiger partial charge in [-0.2, -0.15) is 0 Å². The lowest BCUT2D eigenvalue weighted by Gasteiger charge is -2.09. The maximum absolute atomic E-state index is 12.5. The smallest absolute Gasteiger partial charge is 0.194 e. The predicted octanol–water partition coefficient (Wildman–Crippen LogP) is 4.82. The van der Waals surface area contributed by atoms with Crippen LogP contribution in [-0.4, -0.2) is 6.26 Å². The van der Waals surface area contributed by atoms with Crippen LogP contribution in [0.5, 0.6) is 0 Å². The topological polar surface area (TPSA) is 30.2 Å². The van der Waals surface area contributed by atoms with E-state index < -0.39 is 0 Å². The maximum Gasteiger partial charge on any atom is 0.194 e. The van der Waals surface area contributed by atoms with E-state index in [1.165, 1.54) is 11.8 Å². The molecule has 4 rings (SSSR count). The number of hydrogen-bond donors (Lipinski definition) is 0. The van der Waals surface area contributed by atoms with E-state index in [-0.39, 0.29) is 5.43 Å². The summed E-state index contributed by atoms with van der Waals surface area (Å²) in [4.78, 5) is 12.5. The Morgan fingerprint density at radius 1 is 0.857 bits per heavy atom. The number of benzene rings is 3. The van der Waals surface area contributed by atoms with E-state index in [1.807, 2.05) is 42.7 Å². The lowest BCUT2D eigenvalue weighted by molar-refractivity contribution is 0.503. The maximum atomic E-state index is 12.5. The molecule has 21 heavy (non-hydrogen) atoms. The molecule has 2 nitrogen and oxygen atoms in total. The summed E-state index contributed by atoms with van der Waals surface area (Å²) in [6.07, 6.45) is 1.91. The molecule has 0 saturated carbocycles. The molecule has 0 amide bonds. The average Bonchev–Trinajstić information content (AvgIpc) is 2.54. The molecule has 0 saturated heterocycles. The highest BCUT2D eigenvalue weighted by atomic mass is 32.2. The van der Waals surface area contributed by atoms with Gasteiger partial charge in [0.05, 0.1) is 5.39 Å². The van der Waals surface area contributed by atoms with Gasteiger partial charge in [-0.3, -0.25) is 4.79 Å². The molecule has 0 fully saturated rings. The van der Waals surface area contributed by atoms with Crippen LogP contribution in [0.25, 0.3) is 32.5 Å². The monoisotopic (exact) mass is 292 g/mol. The molecule has 0 aliphatic rings. The van der Waals surface area contributed by atoms with E-state index in [9.17, 15) is 4.79 Å². The minimum Gasteiger partial charge on any atom is -0.449 e. The highest BCUT2D eigenvalue weighted by Crippen LogP contribution is 2.34. The lowest BCUT2D eigenvalue weighted by atomic mass is 9.98. The summed E-state index contributed by atoms with van der Waals surface area (Å²) in [6.45, 7) is 0. The third kappa shape index (κ3) is 1.78.